The zero-order chi connectivity index (χ0) is 12.1. The van der Waals surface area contributed by atoms with Gasteiger partial charge in [0.2, 0.25) is 0 Å². The van der Waals surface area contributed by atoms with Gasteiger partial charge in [0, 0.05) is 16.9 Å². The molecule has 3 nitrogen and oxygen atoms in total. The van der Waals surface area contributed by atoms with Crippen LogP contribution < -0.4 is 4.90 Å². The van der Waals surface area contributed by atoms with Gasteiger partial charge >= 0.3 is 0 Å². The second-order valence-electron chi connectivity index (χ2n) is 5.33. The van der Waals surface area contributed by atoms with Crippen molar-refractivity contribution >= 4 is 33.0 Å². The van der Waals surface area contributed by atoms with Crippen LogP contribution in [0.25, 0.3) is 11.1 Å². The zero-order valence-electron chi connectivity index (χ0n) is 10.1. The van der Waals surface area contributed by atoms with Crippen molar-refractivity contribution in [2.45, 2.75) is 42.6 Å². The maximum absolute atomic E-state index is 5.92. The molecule has 2 aliphatic rings. The average molecular weight is 307 g/mol. The van der Waals surface area contributed by atoms with Gasteiger partial charge in [-0.2, -0.15) is 4.98 Å². The summed E-state index contributed by atoms with van der Waals surface area (Å²) < 4.78 is 5.92. The Morgan fingerprint density at radius 2 is 1.89 bits per heavy atom. The summed E-state index contributed by atoms with van der Waals surface area (Å²) >= 11 is 3.77. The summed E-state index contributed by atoms with van der Waals surface area (Å²) in [5.74, 6) is 0. The number of anilines is 1. The third-order valence-corrected chi connectivity index (χ3v) is 4.93. The molecule has 1 aromatic heterocycles. The lowest BCUT2D eigenvalue weighted by atomic mass is 10.0. The van der Waals surface area contributed by atoms with E-state index in [0.717, 1.165) is 17.1 Å². The molecule has 4 heteroatoms. The number of piperidine rings is 1. The molecule has 0 saturated carbocycles. The van der Waals surface area contributed by atoms with Crippen molar-refractivity contribution in [1.29, 1.82) is 0 Å². The minimum atomic E-state index is 0.598. The highest BCUT2D eigenvalue weighted by atomic mass is 79.9. The Hall–Kier alpha value is -1.03. The Bertz CT molecular complexity index is 535. The first kappa shape index (κ1) is 10.9. The fraction of sp³-hybridized carbons (Fsp3) is 0.500. The molecule has 0 N–H and O–H groups in total. The lowest BCUT2D eigenvalue weighted by Gasteiger charge is -2.35. The average Bonchev–Trinajstić information content (AvgIpc) is 2.88. The Kier molecular flexibility index (Phi) is 2.40. The van der Waals surface area contributed by atoms with Crippen LogP contribution in [0.3, 0.4) is 0 Å². The van der Waals surface area contributed by atoms with Crippen LogP contribution in [0, 0.1) is 0 Å². The predicted octanol–water partition coefficient (Wildman–Crippen LogP) is 3.72. The molecule has 3 heterocycles. The lowest BCUT2D eigenvalue weighted by Crippen LogP contribution is -2.43. The molecule has 4 rings (SSSR count). The lowest BCUT2D eigenvalue weighted by molar-refractivity contribution is 0.439. The fourth-order valence-electron chi connectivity index (χ4n) is 3.39. The van der Waals surface area contributed by atoms with Crippen LogP contribution in [0.2, 0.25) is 0 Å². The third kappa shape index (κ3) is 1.58. The van der Waals surface area contributed by atoms with Crippen molar-refractivity contribution in [2.24, 2.45) is 0 Å². The second-order valence-corrected chi connectivity index (χ2v) is 6.62. The molecule has 1 aromatic carbocycles. The number of hydrogen-bond acceptors (Lipinski definition) is 3. The molecule has 94 valence electrons. The largest absolute Gasteiger partial charge is 0.423 e. The molecular weight excluding hydrogens is 292 g/mol. The number of aromatic nitrogens is 1. The molecule has 2 unspecified atom stereocenters. The maximum Gasteiger partial charge on any atom is 0.298 e. The molecule has 2 aromatic rings. The quantitative estimate of drug-likeness (QED) is 0.752. The van der Waals surface area contributed by atoms with E-state index < -0.39 is 0 Å². The van der Waals surface area contributed by atoms with Crippen LogP contribution in [0.4, 0.5) is 6.01 Å². The Morgan fingerprint density at radius 3 is 2.61 bits per heavy atom. The van der Waals surface area contributed by atoms with E-state index in [9.17, 15) is 0 Å². The highest BCUT2D eigenvalue weighted by Crippen LogP contribution is 2.41. The van der Waals surface area contributed by atoms with Gasteiger partial charge in [-0.1, -0.05) is 28.1 Å². The number of nitrogens with zero attached hydrogens (tertiary/aromatic N) is 2. The Balaban J connectivity index is 1.74. The van der Waals surface area contributed by atoms with Gasteiger partial charge in [0.05, 0.1) is 0 Å². The molecule has 0 spiro atoms. The second kappa shape index (κ2) is 3.98. The molecule has 2 saturated heterocycles. The minimum absolute atomic E-state index is 0.598. The van der Waals surface area contributed by atoms with Crippen LogP contribution in [0.15, 0.2) is 28.7 Å². The number of halogens is 1. The van der Waals surface area contributed by atoms with Gasteiger partial charge in [-0.15, -0.1) is 0 Å². The smallest absolute Gasteiger partial charge is 0.298 e. The van der Waals surface area contributed by atoms with E-state index >= 15 is 0 Å². The number of alkyl halides is 1. The number of para-hydroxylation sites is 2. The van der Waals surface area contributed by atoms with E-state index in [0.29, 0.717) is 16.9 Å². The van der Waals surface area contributed by atoms with Crippen molar-refractivity contribution in [1.82, 2.24) is 4.98 Å². The van der Waals surface area contributed by atoms with Gasteiger partial charge in [-0.25, -0.2) is 0 Å². The molecule has 0 radical (unpaired) electrons. The van der Waals surface area contributed by atoms with Gasteiger partial charge < -0.3 is 9.32 Å². The summed E-state index contributed by atoms with van der Waals surface area (Å²) in [5, 5.41) is 0. The number of hydrogen-bond donors (Lipinski definition) is 0. The van der Waals surface area contributed by atoms with Crippen molar-refractivity contribution in [3.05, 3.63) is 24.3 Å². The molecular formula is C14H15BrN2O. The normalized spacial score (nSPS) is 31.2. The highest BCUT2D eigenvalue weighted by molar-refractivity contribution is 9.09. The van der Waals surface area contributed by atoms with Gasteiger partial charge in [0.25, 0.3) is 6.01 Å². The van der Waals surface area contributed by atoms with Gasteiger partial charge in [0.15, 0.2) is 5.58 Å². The zero-order valence-corrected chi connectivity index (χ0v) is 11.6. The number of oxazole rings is 1. The topological polar surface area (TPSA) is 29.3 Å². The molecule has 2 aliphatic heterocycles. The first-order valence-electron chi connectivity index (χ1n) is 6.59. The van der Waals surface area contributed by atoms with E-state index in [4.69, 9.17) is 4.42 Å². The first-order chi connectivity index (χ1) is 8.81. The number of benzene rings is 1. The highest BCUT2D eigenvalue weighted by Gasteiger charge is 2.42. The van der Waals surface area contributed by atoms with E-state index in [1.807, 2.05) is 24.3 Å². The van der Waals surface area contributed by atoms with Gasteiger partial charge in [-0.05, 0) is 37.8 Å². The van der Waals surface area contributed by atoms with E-state index in [2.05, 4.69) is 25.8 Å². The summed E-state index contributed by atoms with van der Waals surface area (Å²) in [6, 6.07) is 10.0. The summed E-state index contributed by atoms with van der Waals surface area (Å²) in [5.41, 5.74) is 1.86. The van der Waals surface area contributed by atoms with Gasteiger partial charge in [-0.3, -0.25) is 0 Å². The molecule has 18 heavy (non-hydrogen) atoms. The summed E-state index contributed by atoms with van der Waals surface area (Å²) in [6.45, 7) is 0. The predicted molar refractivity (Wildman–Crippen MR) is 75.2 cm³/mol. The monoisotopic (exact) mass is 306 g/mol. The van der Waals surface area contributed by atoms with Crippen molar-refractivity contribution in [3.63, 3.8) is 0 Å². The van der Waals surface area contributed by atoms with Crippen LogP contribution in [-0.4, -0.2) is 21.9 Å². The van der Waals surface area contributed by atoms with Crippen LogP contribution in [-0.2, 0) is 0 Å². The van der Waals surface area contributed by atoms with Crippen molar-refractivity contribution in [2.75, 3.05) is 4.90 Å². The van der Waals surface area contributed by atoms with E-state index in [-0.39, 0.29) is 0 Å². The number of fused-ring (bicyclic) bond motifs is 3. The number of rotatable bonds is 1. The SMILES string of the molecule is BrC1CC2CCC(C1)N2c1nc2ccccc2o1. The molecule has 0 amide bonds. The van der Waals surface area contributed by atoms with Crippen LogP contribution in [0.5, 0.6) is 0 Å². The Labute approximate surface area is 114 Å². The van der Waals surface area contributed by atoms with Gasteiger partial charge in [0.1, 0.15) is 5.52 Å². The summed E-state index contributed by atoms with van der Waals surface area (Å²) in [4.78, 5) is 7.72. The molecule has 2 bridgehead atoms. The minimum Gasteiger partial charge on any atom is -0.423 e. The summed E-state index contributed by atoms with van der Waals surface area (Å²) in [7, 11) is 0. The van der Waals surface area contributed by atoms with Crippen molar-refractivity contribution < 1.29 is 4.42 Å². The fourth-order valence-corrected chi connectivity index (χ4v) is 4.26. The first-order valence-corrected chi connectivity index (χ1v) is 7.51. The summed E-state index contributed by atoms with van der Waals surface area (Å²) in [6.07, 6.45) is 4.95. The maximum atomic E-state index is 5.92. The van der Waals surface area contributed by atoms with Crippen LogP contribution >= 0.6 is 15.9 Å². The van der Waals surface area contributed by atoms with Crippen LogP contribution in [0.1, 0.15) is 25.7 Å². The van der Waals surface area contributed by atoms with E-state index in [1.165, 1.54) is 25.7 Å². The Morgan fingerprint density at radius 1 is 1.17 bits per heavy atom. The van der Waals surface area contributed by atoms with Crippen molar-refractivity contribution in [3.8, 4) is 0 Å². The molecule has 2 atom stereocenters. The standard InChI is InChI=1S/C14H15BrN2O/c15-9-7-10-5-6-11(8-9)17(10)14-16-12-3-1-2-4-13(12)18-14/h1-4,9-11H,5-8H2. The molecule has 0 aliphatic carbocycles. The van der Waals surface area contributed by atoms with E-state index in [1.54, 1.807) is 0 Å². The third-order valence-electron chi connectivity index (χ3n) is 4.18. The molecule has 2 fully saturated rings.